The SMILES string of the molecule is COCCC(=O)N1CCC(CN2CCC(C(=O)Nc3ccc(Cl)cc3OC(F)F)(n3nccc3C(C)C)CC2)(C(=O)O)CC1. The Morgan fingerprint density at radius 2 is 1.77 bits per heavy atom. The number of nitrogens with zero attached hydrogens (tertiary/aromatic N) is 4. The molecule has 0 bridgehead atoms. The van der Waals surface area contributed by atoms with Crippen LogP contribution in [0.15, 0.2) is 30.5 Å². The maximum absolute atomic E-state index is 14.1. The van der Waals surface area contributed by atoms with Crippen molar-refractivity contribution in [1.82, 2.24) is 19.6 Å². The number of likely N-dealkylation sites (tertiary alicyclic amines) is 2. The zero-order chi connectivity index (χ0) is 32.1. The number of nitrogens with one attached hydrogen (secondary N) is 1. The molecule has 2 N–H and O–H groups in total. The molecule has 0 spiro atoms. The van der Waals surface area contributed by atoms with Gasteiger partial charge in [0.25, 0.3) is 5.91 Å². The van der Waals surface area contributed by atoms with Crippen molar-refractivity contribution in [2.24, 2.45) is 5.41 Å². The fraction of sp³-hybridized carbons (Fsp3) is 0.600. The number of aromatic nitrogens is 2. The van der Waals surface area contributed by atoms with E-state index in [4.69, 9.17) is 16.3 Å². The van der Waals surface area contributed by atoms with Crippen molar-refractivity contribution in [3.05, 3.63) is 41.2 Å². The highest BCUT2D eigenvalue weighted by atomic mass is 35.5. The van der Waals surface area contributed by atoms with Crippen LogP contribution in [0.1, 0.15) is 57.6 Å². The predicted molar refractivity (Wildman–Crippen MR) is 159 cm³/mol. The molecule has 2 fully saturated rings. The first-order chi connectivity index (χ1) is 20.9. The number of benzene rings is 1. The van der Waals surface area contributed by atoms with E-state index in [1.807, 2.05) is 24.8 Å². The number of hydrogen-bond donors (Lipinski definition) is 2. The van der Waals surface area contributed by atoms with Crippen molar-refractivity contribution in [3.8, 4) is 5.75 Å². The number of halogens is 3. The maximum Gasteiger partial charge on any atom is 0.387 e. The normalized spacial score (nSPS) is 18.4. The second kappa shape index (κ2) is 14.2. The second-order valence-corrected chi connectivity index (χ2v) is 12.2. The van der Waals surface area contributed by atoms with Crippen LogP contribution in [-0.2, 0) is 24.7 Å². The highest BCUT2D eigenvalue weighted by molar-refractivity contribution is 6.30. The van der Waals surface area contributed by atoms with Gasteiger partial charge in [-0.1, -0.05) is 25.4 Å². The molecule has 2 amide bonds. The molecular weight excluding hydrogens is 600 g/mol. The van der Waals surface area contributed by atoms with Gasteiger partial charge >= 0.3 is 12.6 Å². The van der Waals surface area contributed by atoms with E-state index in [1.165, 1.54) is 25.3 Å². The van der Waals surface area contributed by atoms with Gasteiger partial charge in [-0.15, -0.1) is 0 Å². The number of carboxylic acids is 1. The fourth-order valence-electron chi connectivity index (χ4n) is 6.16. The average Bonchev–Trinajstić information content (AvgIpc) is 3.49. The summed E-state index contributed by atoms with van der Waals surface area (Å²) in [5.74, 6) is -1.61. The summed E-state index contributed by atoms with van der Waals surface area (Å²) < 4.78 is 37.6. The zero-order valence-corrected chi connectivity index (χ0v) is 26.0. The van der Waals surface area contributed by atoms with E-state index in [-0.39, 0.29) is 41.3 Å². The Morgan fingerprint density at radius 3 is 2.36 bits per heavy atom. The molecule has 0 radical (unpaired) electrons. The lowest BCUT2D eigenvalue weighted by molar-refractivity contribution is -0.156. The second-order valence-electron chi connectivity index (χ2n) is 11.8. The number of alkyl halides is 2. The van der Waals surface area contributed by atoms with Gasteiger partial charge in [0.15, 0.2) is 5.75 Å². The van der Waals surface area contributed by atoms with E-state index < -0.39 is 29.4 Å². The summed E-state index contributed by atoms with van der Waals surface area (Å²) in [6.07, 6.45) is 3.13. The number of piperidine rings is 2. The van der Waals surface area contributed by atoms with Gasteiger partial charge < -0.3 is 29.7 Å². The van der Waals surface area contributed by atoms with Gasteiger partial charge in [-0.3, -0.25) is 19.1 Å². The molecule has 1 aromatic heterocycles. The van der Waals surface area contributed by atoms with Crippen molar-refractivity contribution in [1.29, 1.82) is 0 Å². The van der Waals surface area contributed by atoms with Crippen LogP contribution in [0.3, 0.4) is 0 Å². The third-order valence-electron chi connectivity index (χ3n) is 8.76. The van der Waals surface area contributed by atoms with E-state index in [1.54, 1.807) is 15.8 Å². The van der Waals surface area contributed by atoms with Crippen LogP contribution >= 0.6 is 11.6 Å². The minimum Gasteiger partial charge on any atom is -0.481 e. The van der Waals surface area contributed by atoms with Crippen molar-refractivity contribution < 1.29 is 37.7 Å². The van der Waals surface area contributed by atoms with E-state index in [2.05, 4.69) is 15.2 Å². The van der Waals surface area contributed by atoms with Crippen LogP contribution in [0.4, 0.5) is 14.5 Å². The Bertz CT molecular complexity index is 1320. The Labute approximate surface area is 260 Å². The predicted octanol–water partition coefficient (Wildman–Crippen LogP) is 4.42. The Hall–Kier alpha value is -3.29. The molecule has 11 nitrogen and oxygen atoms in total. The fourth-order valence-corrected chi connectivity index (χ4v) is 6.32. The summed E-state index contributed by atoms with van der Waals surface area (Å²) in [6, 6.07) is 5.95. The topological polar surface area (TPSA) is 126 Å². The van der Waals surface area contributed by atoms with Crippen molar-refractivity contribution in [2.45, 2.75) is 64.0 Å². The highest BCUT2D eigenvalue weighted by Gasteiger charge is 2.49. The lowest BCUT2D eigenvalue weighted by Crippen LogP contribution is -2.57. The molecule has 1 aromatic carbocycles. The number of carbonyl (C=O) groups excluding carboxylic acids is 2. The summed E-state index contributed by atoms with van der Waals surface area (Å²) in [5, 5.41) is 17.8. The van der Waals surface area contributed by atoms with Crippen LogP contribution < -0.4 is 10.1 Å². The molecule has 0 saturated carbocycles. The summed E-state index contributed by atoms with van der Waals surface area (Å²) in [6.45, 7) is 2.96. The summed E-state index contributed by atoms with van der Waals surface area (Å²) in [4.78, 5) is 42.9. The summed E-state index contributed by atoms with van der Waals surface area (Å²) >= 11 is 6.00. The van der Waals surface area contributed by atoms with Gasteiger partial charge in [0.2, 0.25) is 5.91 Å². The molecule has 2 aliphatic heterocycles. The van der Waals surface area contributed by atoms with E-state index in [9.17, 15) is 28.3 Å². The molecule has 3 heterocycles. The number of amides is 2. The number of carbonyl (C=O) groups is 3. The van der Waals surface area contributed by atoms with Gasteiger partial charge in [-0.25, -0.2) is 0 Å². The smallest absolute Gasteiger partial charge is 0.387 e. The average molecular weight is 640 g/mol. The van der Waals surface area contributed by atoms with Crippen LogP contribution in [0.25, 0.3) is 0 Å². The molecule has 14 heteroatoms. The molecular formula is C30H40ClF2N5O6. The van der Waals surface area contributed by atoms with Gasteiger partial charge in [0.1, 0.15) is 5.54 Å². The number of anilines is 1. The first-order valence-corrected chi connectivity index (χ1v) is 15.1. The Morgan fingerprint density at radius 1 is 1.09 bits per heavy atom. The largest absolute Gasteiger partial charge is 0.481 e. The lowest BCUT2D eigenvalue weighted by atomic mass is 9.76. The molecule has 0 unspecified atom stereocenters. The molecule has 2 aliphatic rings. The Balaban J connectivity index is 1.54. The quantitative estimate of drug-likeness (QED) is 0.350. The molecule has 0 aliphatic carbocycles. The molecule has 2 saturated heterocycles. The first-order valence-electron chi connectivity index (χ1n) is 14.7. The number of carboxylic acid groups (broad SMARTS) is 1. The van der Waals surface area contributed by atoms with Gasteiger partial charge in [-0.2, -0.15) is 13.9 Å². The minimum absolute atomic E-state index is 0.0422. The van der Waals surface area contributed by atoms with Gasteiger partial charge in [0.05, 0.1) is 24.1 Å². The molecule has 2 aromatic rings. The number of hydrogen-bond acceptors (Lipinski definition) is 7. The molecule has 242 valence electrons. The molecule has 4 rings (SSSR count). The number of ether oxygens (including phenoxy) is 2. The van der Waals surface area contributed by atoms with Crippen molar-refractivity contribution in [3.63, 3.8) is 0 Å². The summed E-state index contributed by atoms with van der Waals surface area (Å²) in [5.41, 5.74) is -1.31. The van der Waals surface area contributed by atoms with E-state index in [0.717, 1.165) is 5.69 Å². The number of methoxy groups -OCH3 is 1. The Kier molecular flexibility index (Phi) is 10.9. The first kappa shape index (κ1) is 33.6. The van der Waals surface area contributed by atoms with Crippen LogP contribution in [0, 0.1) is 5.41 Å². The van der Waals surface area contributed by atoms with Crippen molar-refractivity contribution in [2.75, 3.05) is 51.8 Å². The number of aliphatic carboxylic acids is 1. The number of rotatable bonds is 12. The zero-order valence-electron chi connectivity index (χ0n) is 25.2. The third kappa shape index (κ3) is 7.32. The van der Waals surface area contributed by atoms with E-state index >= 15 is 0 Å². The van der Waals surface area contributed by atoms with Crippen LogP contribution in [0.5, 0.6) is 5.75 Å². The maximum atomic E-state index is 14.1. The molecule has 44 heavy (non-hydrogen) atoms. The molecule has 0 atom stereocenters. The summed E-state index contributed by atoms with van der Waals surface area (Å²) in [7, 11) is 1.53. The van der Waals surface area contributed by atoms with E-state index in [0.29, 0.717) is 58.5 Å². The lowest BCUT2D eigenvalue weighted by Gasteiger charge is -2.46. The third-order valence-corrected chi connectivity index (χ3v) is 8.99. The standard InChI is InChI=1S/C30H40ClF2N5O6/c1-20(2)23-6-12-34-38(23)30(26(40)35-22-5-4-21(31)18-24(22)44-28(32)33)10-13-36(14-11-30)19-29(27(41)42)8-15-37(16-9-29)25(39)7-17-43-3/h4-6,12,18,20,28H,7-11,13-17,19H2,1-3H3,(H,35,40)(H,41,42). The highest BCUT2D eigenvalue weighted by Crippen LogP contribution is 2.39. The van der Waals surface area contributed by atoms with Gasteiger partial charge in [-0.05, 0) is 49.8 Å². The van der Waals surface area contributed by atoms with Gasteiger partial charge in [0, 0.05) is 62.8 Å². The minimum atomic E-state index is -3.11. The van der Waals surface area contributed by atoms with Crippen LogP contribution in [-0.4, -0.2) is 95.5 Å². The van der Waals surface area contributed by atoms with Crippen molar-refractivity contribution >= 4 is 35.1 Å². The van der Waals surface area contributed by atoms with Crippen LogP contribution in [0.2, 0.25) is 5.02 Å². The monoisotopic (exact) mass is 639 g/mol.